The van der Waals surface area contributed by atoms with Gasteiger partial charge in [-0.25, -0.2) is 4.98 Å². The Labute approximate surface area is 114 Å². The molecule has 0 atom stereocenters. The summed E-state index contributed by atoms with van der Waals surface area (Å²) < 4.78 is 0. The second-order valence-electron chi connectivity index (χ2n) is 4.28. The number of fused-ring (bicyclic) bond motifs is 1. The van der Waals surface area contributed by atoms with Crippen molar-refractivity contribution in [2.75, 3.05) is 0 Å². The molecule has 1 heterocycles. The number of aromatic nitrogens is 1. The van der Waals surface area contributed by atoms with Gasteiger partial charge in [-0.05, 0) is 17.5 Å². The second-order valence-corrected chi connectivity index (χ2v) is 5.04. The summed E-state index contributed by atoms with van der Waals surface area (Å²) in [5.41, 5.74) is 1.28. The van der Waals surface area contributed by atoms with Crippen molar-refractivity contribution in [3.05, 3.63) is 44.1 Å². The van der Waals surface area contributed by atoms with E-state index in [0.717, 1.165) is 5.56 Å². The van der Waals surface area contributed by atoms with Crippen LogP contribution in [-0.2, 0) is 0 Å². The lowest BCUT2D eigenvalue weighted by Gasteiger charge is -2.09. The highest BCUT2D eigenvalue weighted by Gasteiger charge is 2.15. The maximum Gasteiger partial charge on any atom is 0.271 e. The molecule has 0 saturated heterocycles. The number of hydrogen-bond acceptors (Lipinski definition) is 3. The van der Waals surface area contributed by atoms with E-state index in [1.165, 1.54) is 12.1 Å². The van der Waals surface area contributed by atoms with Crippen LogP contribution in [0.25, 0.3) is 10.9 Å². The minimum Gasteiger partial charge on any atom is -0.258 e. The highest BCUT2D eigenvalue weighted by atomic mass is 35.5. The maximum atomic E-state index is 10.8. The first-order valence-electron chi connectivity index (χ1n) is 5.34. The third-order valence-corrected chi connectivity index (χ3v) is 3.26. The van der Waals surface area contributed by atoms with Gasteiger partial charge in [-0.1, -0.05) is 37.0 Å². The number of rotatable bonds is 2. The van der Waals surface area contributed by atoms with E-state index >= 15 is 0 Å². The number of nitrogens with zero attached hydrogens (tertiary/aromatic N) is 2. The first kappa shape index (κ1) is 13.1. The number of halogens is 2. The third-order valence-electron chi connectivity index (χ3n) is 2.67. The Balaban J connectivity index is 2.78. The monoisotopic (exact) mass is 284 g/mol. The van der Waals surface area contributed by atoms with Crippen LogP contribution >= 0.6 is 23.2 Å². The van der Waals surface area contributed by atoms with E-state index in [2.05, 4.69) is 4.98 Å². The molecule has 2 aromatic rings. The molecule has 0 aliphatic rings. The molecule has 0 N–H and O–H groups in total. The van der Waals surface area contributed by atoms with E-state index in [1.807, 2.05) is 13.8 Å². The van der Waals surface area contributed by atoms with Crippen molar-refractivity contribution < 1.29 is 4.92 Å². The van der Waals surface area contributed by atoms with E-state index in [0.29, 0.717) is 16.1 Å². The van der Waals surface area contributed by atoms with Gasteiger partial charge < -0.3 is 0 Å². The fraction of sp³-hybridized carbons (Fsp3) is 0.250. The van der Waals surface area contributed by atoms with Crippen LogP contribution < -0.4 is 0 Å². The predicted molar refractivity (Wildman–Crippen MR) is 72.5 cm³/mol. The summed E-state index contributed by atoms with van der Waals surface area (Å²) in [6.45, 7) is 3.96. The number of hydrogen-bond donors (Lipinski definition) is 0. The lowest BCUT2D eigenvalue weighted by molar-refractivity contribution is -0.384. The first-order chi connectivity index (χ1) is 8.40. The molecule has 4 nitrogen and oxygen atoms in total. The van der Waals surface area contributed by atoms with Gasteiger partial charge >= 0.3 is 0 Å². The van der Waals surface area contributed by atoms with E-state index in [9.17, 15) is 10.1 Å². The molecule has 1 aromatic carbocycles. The van der Waals surface area contributed by atoms with Gasteiger partial charge in [0.1, 0.15) is 5.15 Å². The Hall–Kier alpha value is -1.39. The Morgan fingerprint density at radius 1 is 1.28 bits per heavy atom. The minimum absolute atomic E-state index is 0.0497. The van der Waals surface area contributed by atoms with Crippen molar-refractivity contribution in [2.24, 2.45) is 0 Å². The number of pyridine rings is 1. The van der Waals surface area contributed by atoms with Crippen molar-refractivity contribution in [1.82, 2.24) is 4.98 Å². The van der Waals surface area contributed by atoms with Crippen LogP contribution in [0.5, 0.6) is 0 Å². The number of benzene rings is 1. The summed E-state index contributed by atoms with van der Waals surface area (Å²) in [6, 6.07) is 4.53. The molecule has 0 fully saturated rings. The lowest BCUT2D eigenvalue weighted by Crippen LogP contribution is -1.95. The van der Waals surface area contributed by atoms with Crippen LogP contribution in [0.1, 0.15) is 25.3 Å². The highest BCUT2D eigenvalue weighted by molar-refractivity contribution is 6.36. The quantitative estimate of drug-likeness (QED) is 0.461. The van der Waals surface area contributed by atoms with Crippen LogP contribution in [0.15, 0.2) is 18.2 Å². The first-order valence-corrected chi connectivity index (χ1v) is 6.10. The molecule has 0 radical (unpaired) electrons. The summed E-state index contributed by atoms with van der Waals surface area (Å²) in [7, 11) is 0. The van der Waals surface area contributed by atoms with Crippen molar-refractivity contribution >= 4 is 39.8 Å². The molecular weight excluding hydrogens is 275 g/mol. The van der Waals surface area contributed by atoms with Crippen LogP contribution in [-0.4, -0.2) is 9.91 Å². The third kappa shape index (κ3) is 2.26. The zero-order chi connectivity index (χ0) is 13.4. The fourth-order valence-corrected chi connectivity index (χ4v) is 2.35. The van der Waals surface area contributed by atoms with E-state index in [-0.39, 0.29) is 16.6 Å². The average molecular weight is 285 g/mol. The number of nitro groups is 1. The van der Waals surface area contributed by atoms with Gasteiger partial charge in [0.25, 0.3) is 5.69 Å². The van der Waals surface area contributed by atoms with Crippen LogP contribution in [0, 0.1) is 10.1 Å². The SMILES string of the molecule is CC(C)c1cc2cc([N+](=O)[O-])cc(Cl)c2nc1Cl. The molecule has 1 aromatic heterocycles. The van der Waals surface area contributed by atoms with E-state index < -0.39 is 4.92 Å². The summed E-state index contributed by atoms with van der Waals surface area (Å²) >= 11 is 12.1. The molecular formula is C12H10Cl2N2O2. The van der Waals surface area contributed by atoms with Gasteiger partial charge in [-0.2, -0.15) is 0 Å². The molecule has 2 rings (SSSR count). The van der Waals surface area contributed by atoms with Gasteiger partial charge in [0.2, 0.25) is 0 Å². The van der Waals surface area contributed by atoms with E-state index in [4.69, 9.17) is 23.2 Å². The molecule has 94 valence electrons. The van der Waals surface area contributed by atoms with Gasteiger partial charge in [-0.15, -0.1) is 0 Å². The molecule has 0 bridgehead atoms. The largest absolute Gasteiger partial charge is 0.271 e. The smallest absolute Gasteiger partial charge is 0.258 e. The Kier molecular flexibility index (Phi) is 3.41. The molecule has 6 heteroatoms. The van der Waals surface area contributed by atoms with Crippen LogP contribution in [0.3, 0.4) is 0 Å². The Morgan fingerprint density at radius 3 is 2.50 bits per heavy atom. The summed E-state index contributed by atoms with van der Waals surface area (Å²) in [4.78, 5) is 14.5. The molecule has 0 amide bonds. The normalized spacial score (nSPS) is 11.2. The predicted octanol–water partition coefficient (Wildman–Crippen LogP) is 4.57. The zero-order valence-electron chi connectivity index (χ0n) is 9.78. The van der Waals surface area contributed by atoms with Crippen LogP contribution in [0.4, 0.5) is 5.69 Å². The average Bonchev–Trinajstić information content (AvgIpc) is 2.28. The summed E-state index contributed by atoms with van der Waals surface area (Å²) in [5.74, 6) is 0.187. The minimum atomic E-state index is -0.477. The molecule has 0 unspecified atom stereocenters. The molecule has 0 aliphatic heterocycles. The maximum absolute atomic E-state index is 10.8. The highest BCUT2D eigenvalue weighted by Crippen LogP contribution is 2.32. The number of non-ortho nitro benzene ring substituents is 1. The summed E-state index contributed by atoms with van der Waals surface area (Å²) in [6.07, 6.45) is 0. The van der Waals surface area contributed by atoms with Gasteiger partial charge in [0.15, 0.2) is 0 Å². The fourth-order valence-electron chi connectivity index (χ4n) is 1.73. The van der Waals surface area contributed by atoms with Crippen LogP contribution in [0.2, 0.25) is 10.2 Å². The van der Waals surface area contributed by atoms with Crippen molar-refractivity contribution in [3.8, 4) is 0 Å². The van der Waals surface area contributed by atoms with Crippen molar-refractivity contribution in [3.63, 3.8) is 0 Å². The molecule has 18 heavy (non-hydrogen) atoms. The Bertz CT molecular complexity index is 642. The van der Waals surface area contributed by atoms with Crippen molar-refractivity contribution in [2.45, 2.75) is 19.8 Å². The second kappa shape index (κ2) is 4.71. The van der Waals surface area contributed by atoms with Gasteiger partial charge in [0.05, 0.1) is 15.5 Å². The van der Waals surface area contributed by atoms with Crippen molar-refractivity contribution in [1.29, 1.82) is 0 Å². The van der Waals surface area contributed by atoms with E-state index in [1.54, 1.807) is 6.07 Å². The van der Waals surface area contributed by atoms with Gasteiger partial charge in [0, 0.05) is 17.5 Å². The lowest BCUT2D eigenvalue weighted by atomic mass is 10.0. The Morgan fingerprint density at radius 2 is 1.94 bits per heavy atom. The molecule has 0 saturated carbocycles. The molecule has 0 aliphatic carbocycles. The summed E-state index contributed by atoms with van der Waals surface area (Å²) in [5, 5.41) is 12.0. The topological polar surface area (TPSA) is 56.0 Å². The van der Waals surface area contributed by atoms with Gasteiger partial charge in [-0.3, -0.25) is 10.1 Å². The number of nitro benzene ring substituents is 1. The zero-order valence-corrected chi connectivity index (χ0v) is 11.3. The standard InChI is InChI=1S/C12H10Cl2N2O2/c1-6(2)9-4-7-3-8(16(17)18)5-10(13)11(7)15-12(9)14/h3-6H,1-2H3. The molecule has 0 spiro atoms.